The van der Waals surface area contributed by atoms with Crippen LogP contribution in [0.3, 0.4) is 0 Å². The largest absolute Gasteiger partial charge is 0.497 e. The van der Waals surface area contributed by atoms with Crippen molar-refractivity contribution < 1.29 is 14.3 Å². The van der Waals surface area contributed by atoms with Crippen LogP contribution >= 0.6 is 11.3 Å². The molecule has 0 bridgehead atoms. The van der Waals surface area contributed by atoms with E-state index in [-0.39, 0.29) is 12.0 Å². The summed E-state index contributed by atoms with van der Waals surface area (Å²) in [5.74, 6) is 0.506. The number of para-hydroxylation sites is 2. The van der Waals surface area contributed by atoms with Crippen LogP contribution in [0.1, 0.15) is 23.3 Å². The van der Waals surface area contributed by atoms with Crippen molar-refractivity contribution in [2.45, 2.75) is 18.9 Å². The van der Waals surface area contributed by atoms with Crippen LogP contribution in [0.15, 0.2) is 48.7 Å². The van der Waals surface area contributed by atoms with E-state index in [9.17, 15) is 4.79 Å². The number of carbonyl (C=O) groups excluding carboxylic acids is 1. The number of anilines is 1. The number of aromatic nitrogens is 3. The minimum Gasteiger partial charge on any atom is -0.497 e. The van der Waals surface area contributed by atoms with Gasteiger partial charge in [0.05, 0.1) is 47.2 Å². The fourth-order valence-corrected chi connectivity index (χ4v) is 4.53. The van der Waals surface area contributed by atoms with Gasteiger partial charge < -0.3 is 9.47 Å². The Morgan fingerprint density at radius 3 is 2.87 bits per heavy atom. The number of rotatable bonds is 5. The van der Waals surface area contributed by atoms with Crippen molar-refractivity contribution in [2.75, 3.05) is 25.2 Å². The van der Waals surface area contributed by atoms with Gasteiger partial charge in [-0.3, -0.25) is 14.7 Å². The van der Waals surface area contributed by atoms with E-state index in [1.807, 2.05) is 42.5 Å². The summed E-state index contributed by atoms with van der Waals surface area (Å²) in [5.41, 5.74) is 2.54. The number of amides is 1. The predicted octanol–water partition coefficient (Wildman–Crippen LogP) is 4.07. The van der Waals surface area contributed by atoms with Crippen LogP contribution in [0, 0.1) is 0 Å². The molecule has 1 amide bonds. The van der Waals surface area contributed by atoms with Gasteiger partial charge in [0.1, 0.15) is 11.4 Å². The third kappa shape index (κ3) is 3.59. The molecule has 0 saturated carbocycles. The first-order valence-electron chi connectivity index (χ1n) is 9.81. The number of thiazole rings is 1. The Balaban J connectivity index is 1.54. The molecule has 1 atom stereocenters. The zero-order valence-electron chi connectivity index (χ0n) is 16.4. The summed E-state index contributed by atoms with van der Waals surface area (Å²) in [6, 6.07) is 13.2. The molecule has 1 aliphatic rings. The highest BCUT2D eigenvalue weighted by Gasteiger charge is 2.28. The summed E-state index contributed by atoms with van der Waals surface area (Å²) in [5, 5.41) is 0.619. The molecule has 4 aromatic rings. The monoisotopic (exact) mass is 420 g/mol. The SMILES string of the molecule is COc1ccc2sc(N(CC3CCCO3)C(=O)c3cnc4ccccc4n3)nc2c1. The van der Waals surface area contributed by atoms with Crippen molar-refractivity contribution in [2.24, 2.45) is 0 Å². The first kappa shape index (κ1) is 18.9. The number of fused-ring (bicyclic) bond motifs is 2. The lowest BCUT2D eigenvalue weighted by molar-refractivity contribution is 0.0913. The lowest BCUT2D eigenvalue weighted by atomic mass is 10.2. The first-order chi connectivity index (χ1) is 14.7. The van der Waals surface area contributed by atoms with Gasteiger partial charge >= 0.3 is 0 Å². The summed E-state index contributed by atoms with van der Waals surface area (Å²) in [6.45, 7) is 1.16. The summed E-state index contributed by atoms with van der Waals surface area (Å²) in [4.78, 5) is 28.8. The van der Waals surface area contributed by atoms with E-state index in [1.54, 1.807) is 12.0 Å². The van der Waals surface area contributed by atoms with E-state index in [0.717, 1.165) is 40.9 Å². The van der Waals surface area contributed by atoms with Gasteiger partial charge in [-0.25, -0.2) is 9.97 Å². The molecule has 3 heterocycles. The average molecular weight is 420 g/mol. The molecule has 2 aromatic heterocycles. The number of hydrogen-bond acceptors (Lipinski definition) is 7. The van der Waals surface area contributed by atoms with Crippen LogP contribution in [0.2, 0.25) is 0 Å². The third-order valence-corrected chi connectivity index (χ3v) is 6.20. The van der Waals surface area contributed by atoms with Crippen LogP contribution in [0.4, 0.5) is 5.13 Å². The summed E-state index contributed by atoms with van der Waals surface area (Å²) < 4.78 is 12.1. The second-order valence-electron chi connectivity index (χ2n) is 7.12. The quantitative estimate of drug-likeness (QED) is 0.484. The van der Waals surface area contributed by atoms with Crippen LogP contribution in [-0.2, 0) is 4.74 Å². The average Bonchev–Trinajstić information content (AvgIpc) is 3.45. The van der Waals surface area contributed by atoms with Crippen LogP contribution in [0.5, 0.6) is 5.75 Å². The minimum atomic E-state index is -0.227. The maximum absolute atomic E-state index is 13.5. The molecule has 0 radical (unpaired) electrons. The Labute approximate surface area is 177 Å². The van der Waals surface area contributed by atoms with Gasteiger partial charge in [-0.1, -0.05) is 23.5 Å². The smallest absolute Gasteiger partial charge is 0.280 e. The zero-order chi connectivity index (χ0) is 20.5. The molecule has 1 unspecified atom stereocenters. The number of ether oxygens (including phenoxy) is 2. The highest BCUT2D eigenvalue weighted by Crippen LogP contribution is 2.32. The minimum absolute atomic E-state index is 0.0103. The van der Waals surface area contributed by atoms with E-state index < -0.39 is 0 Å². The van der Waals surface area contributed by atoms with Crippen molar-refractivity contribution >= 4 is 43.6 Å². The van der Waals surface area contributed by atoms with Crippen molar-refractivity contribution in [1.29, 1.82) is 0 Å². The van der Waals surface area contributed by atoms with Crippen LogP contribution in [-0.4, -0.2) is 47.2 Å². The Morgan fingerprint density at radius 1 is 1.20 bits per heavy atom. The van der Waals surface area contributed by atoms with Gasteiger partial charge in [0.2, 0.25) is 0 Å². The maximum atomic E-state index is 13.5. The fraction of sp³-hybridized carbons (Fsp3) is 0.273. The van der Waals surface area contributed by atoms with Crippen molar-refractivity contribution in [3.05, 3.63) is 54.4 Å². The molecule has 1 fully saturated rings. The topological polar surface area (TPSA) is 77.4 Å². The molecule has 0 N–H and O–H groups in total. The number of carbonyl (C=O) groups is 1. The Kier molecular flexibility index (Phi) is 5.02. The van der Waals surface area contributed by atoms with Crippen LogP contribution in [0.25, 0.3) is 21.3 Å². The van der Waals surface area contributed by atoms with E-state index in [1.165, 1.54) is 17.5 Å². The number of methoxy groups -OCH3 is 1. The van der Waals surface area contributed by atoms with Gasteiger partial charge in [-0.2, -0.15) is 0 Å². The molecule has 5 rings (SSSR count). The predicted molar refractivity (Wildman–Crippen MR) is 116 cm³/mol. The molecule has 152 valence electrons. The molecular weight excluding hydrogens is 400 g/mol. The van der Waals surface area contributed by atoms with Gasteiger partial charge in [-0.05, 0) is 37.1 Å². The van der Waals surface area contributed by atoms with Gasteiger partial charge in [0, 0.05) is 12.7 Å². The Morgan fingerprint density at radius 2 is 2.07 bits per heavy atom. The number of nitrogens with zero attached hydrogens (tertiary/aromatic N) is 4. The van der Waals surface area contributed by atoms with E-state index >= 15 is 0 Å². The van der Waals surface area contributed by atoms with Gasteiger partial charge in [-0.15, -0.1) is 0 Å². The Bertz CT molecular complexity index is 1220. The Hall–Kier alpha value is -3.10. The molecular formula is C22H20N4O3S. The van der Waals surface area contributed by atoms with Gasteiger partial charge in [0.25, 0.3) is 5.91 Å². The van der Waals surface area contributed by atoms with E-state index in [0.29, 0.717) is 22.9 Å². The van der Waals surface area contributed by atoms with Crippen molar-refractivity contribution in [3.8, 4) is 5.75 Å². The lowest BCUT2D eigenvalue weighted by Crippen LogP contribution is -2.38. The molecule has 0 aliphatic carbocycles. The second kappa shape index (κ2) is 7.97. The molecule has 1 saturated heterocycles. The molecule has 30 heavy (non-hydrogen) atoms. The van der Waals surface area contributed by atoms with Gasteiger partial charge in [0.15, 0.2) is 5.13 Å². The molecule has 2 aromatic carbocycles. The molecule has 8 heteroatoms. The number of hydrogen-bond donors (Lipinski definition) is 0. The highest BCUT2D eigenvalue weighted by atomic mass is 32.1. The standard InChI is InChI=1S/C22H20N4O3S/c1-28-14-8-9-20-18(11-14)25-22(30-20)26(13-15-5-4-10-29-15)21(27)19-12-23-16-6-2-3-7-17(16)24-19/h2-3,6-9,11-12,15H,4-5,10,13H2,1H3. The summed E-state index contributed by atoms with van der Waals surface area (Å²) in [7, 11) is 1.63. The number of benzene rings is 2. The van der Waals surface area contributed by atoms with E-state index in [2.05, 4.69) is 9.97 Å². The third-order valence-electron chi connectivity index (χ3n) is 5.14. The molecule has 0 spiro atoms. The normalized spacial score (nSPS) is 16.2. The summed E-state index contributed by atoms with van der Waals surface area (Å²) in [6.07, 6.45) is 3.44. The molecule has 1 aliphatic heterocycles. The molecule has 7 nitrogen and oxygen atoms in total. The van der Waals surface area contributed by atoms with Crippen molar-refractivity contribution in [1.82, 2.24) is 15.0 Å². The second-order valence-corrected chi connectivity index (χ2v) is 8.13. The summed E-state index contributed by atoms with van der Waals surface area (Å²) >= 11 is 1.47. The zero-order valence-corrected chi connectivity index (χ0v) is 17.3. The highest BCUT2D eigenvalue weighted by molar-refractivity contribution is 7.22. The van der Waals surface area contributed by atoms with E-state index in [4.69, 9.17) is 14.5 Å². The lowest BCUT2D eigenvalue weighted by Gasteiger charge is -2.22. The van der Waals surface area contributed by atoms with Crippen molar-refractivity contribution in [3.63, 3.8) is 0 Å². The first-order valence-corrected chi connectivity index (χ1v) is 10.6. The maximum Gasteiger partial charge on any atom is 0.280 e. The van der Waals surface area contributed by atoms with Crippen LogP contribution < -0.4 is 9.64 Å². The fourth-order valence-electron chi connectivity index (χ4n) is 3.58.